The first-order valence-electron chi connectivity index (χ1n) is 12.2. The lowest BCUT2D eigenvalue weighted by molar-refractivity contribution is 0.120. The van der Waals surface area contributed by atoms with Gasteiger partial charge in [0.2, 0.25) is 0 Å². The van der Waals surface area contributed by atoms with Crippen LogP contribution in [-0.2, 0) is 23.9 Å². The van der Waals surface area contributed by atoms with E-state index in [9.17, 15) is 9.90 Å². The van der Waals surface area contributed by atoms with Crippen LogP contribution in [0.1, 0.15) is 63.9 Å². The molecule has 0 unspecified atom stereocenters. The van der Waals surface area contributed by atoms with Gasteiger partial charge in [-0.05, 0) is 34.1 Å². The topological polar surface area (TPSA) is 61.1 Å². The molecule has 0 saturated carbocycles. The Labute approximate surface area is 202 Å². The third-order valence-corrected chi connectivity index (χ3v) is 6.73. The van der Waals surface area contributed by atoms with Gasteiger partial charge >= 0.3 is 0 Å². The van der Waals surface area contributed by atoms with Crippen molar-refractivity contribution in [2.24, 2.45) is 0 Å². The summed E-state index contributed by atoms with van der Waals surface area (Å²) in [5, 5.41) is 11.1. The van der Waals surface area contributed by atoms with Crippen molar-refractivity contribution in [3.05, 3.63) is 75.3 Å². The Balaban J connectivity index is 1.46. The fraction of sp³-hybridized carbons (Fsp3) is 0.500. The molecule has 0 spiro atoms. The van der Waals surface area contributed by atoms with Crippen LogP contribution in [0.2, 0.25) is 0 Å². The Morgan fingerprint density at radius 2 is 1.53 bits per heavy atom. The molecule has 0 atom stereocenters. The van der Waals surface area contributed by atoms with Crippen LogP contribution in [0.15, 0.2) is 47.4 Å². The monoisotopic (exact) mass is 462 g/mol. The second-order valence-electron chi connectivity index (χ2n) is 11.6. The molecular formula is C28H38N4O2. The second kappa shape index (κ2) is 9.16. The molecule has 0 amide bonds. The van der Waals surface area contributed by atoms with Crippen LogP contribution in [0, 0.1) is 0 Å². The Hall–Kier alpha value is -2.70. The molecule has 1 saturated heterocycles. The number of benzene rings is 1. The smallest absolute Gasteiger partial charge is 0.258 e. The molecule has 0 radical (unpaired) electrons. The van der Waals surface area contributed by atoms with Gasteiger partial charge in [-0.1, -0.05) is 59.7 Å². The number of nitrogens with zero attached hydrogens (tertiary/aromatic N) is 4. The highest BCUT2D eigenvalue weighted by Crippen LogP contribution is 2.38. The molecule has 1 aliphatic heterocycles. The van der Waals surface area contributed by atoms with E-state index in [0.717, 1.165) is 49.5 Å². The van der Waals surface area contributed by atoms with Gasteiger partial charge in [0.15, 0.2) is 0 Å². The molecule has 3 aromatic rings. The number of aromatic nitrogens is 2. The molecule has 6 nitrogen and oxygen atoms in total. The lowest BCUT2D eigenvalue weighted by Crippen LogP contribution is -2.45. The summed E-state index contributed by atoms with van der Waals surface area (Å²) in [6.45, 7) is 18.2. The third-order valence-electron chi connectivity index (χ3n) is 6.73. The normalized spacial score (nSPS) is 16.3. The number of piperazine rings is 1. The standard InChI is InChI=1S/C28H38N4O2/c1-27(2,3)21-15-20(26(34)23(16-21)28(4,5)6)18-30-11-13-31(14-12-30)19-22-17-25(33)32-10-8-7-9-24(32)29-22/h7-10,15-17,34H,11-14,18-19H2,1-6H3. The zero-order valence-corrected chi connectivity index (χ0v) is 21.4. The summed E-state index contributed by atoms with van der Waals surface area (Å²) in [4.78, 5) is 21.8. The minimum absolute atomic E-state index is 0.0205. The van der Waals surface area contributed by atoms with E-state index in [1.807, 2.05) is 18.2 Å². The Bertz CT molecular complexity index is 1230. The van der Waals surface area contributed by atoms with Gasteiger partial charge in [-0.3, -0.25) is 19.0 Å². The molecule has 2 aromatic heterocycles. The van der Waals surface area contributed by atoms with E-state index in [1.54, 1.807) is 16.7 Å². The van der Waals surface area contributed by atoms with E-state index in [-0.39, 0.29) is 16.4 Å². The van der Waals surface area contributed by atoms with Crippen LogP contribution in [0.3, 0.4) is 0 Å². The van der Waals surface area contributed by atoms with Crippen molar-refractivity contribution in [1.29, 1.82) is 0 Å². The first-order valence-corrected chi connectivity index (χ1v) is 12.2. The largest absolute Gasteiger partial charge is 0.507 e. The summed E-state index contributed by atoms with van der Waals surface area (Å²) in [5.41, 5.74) is 4.65. The molecule has 4 rings (SSSR count). The van der Waals surface area contributed by atoms with Crippen molar-refractivity contribution < 1.29 is 5.11 Å². The van der Waals surface area contributed by atoms with Gasteiger partial charge in [-0.25, -0.2) is 4.98 Å². The minimum Gasteiger partial charge on any atom is -0.507 e. The molecule has 1 aromatic carbocycles. The molecule has 1 N–H and O–H groups in total. The maximum absolute atomic E-state index is 12.4. The predicted octanol–water partition coefficient (Wildman–Crippen LogP) is 4.31. The summed E-state index contributed by atoms with van der Waals surface area (Å²) in [6.07, 6.45) is 1.75. The number of pyridine rings is 1. The Morgan fingerprint density at radius 1 is 0.882 bits per heavy atom. The predicted molar refractivity (Wildman–Crippen MR) is 138 cm³/mol. The Kier molecular flexibility index (Phi) is 6.58. The number of hydrogen-bond acceptors (Lipinski definition) is 5. The van der Waals surface area contributed by atoms with Gasteiger partial charge in [0.1, 0.15) is 11.4 Å². The molecule has 6 heteroatoms. The molecule has 1 aliphatic rings. The van der Waals surface area contributed by atoms with E-state index in [1.165, 1.54) is 5.56 Å². The van der Waals surface area contributed by atoms with Gasteiger partial charge in [0.05, 0.1) is 5.69 Å². The van der Waals surface area contributed by atoms with Crippen molar-refractivity contribution in [3.63, 3.8) is 0 Å². The summed E-state index contributed by atoms with van der Waals surface area (Å²) in [5.74, 6) is 0.434. The van der Waals surface area contributed by atoms with Gasteiger partial charge in [0, 0.05) is 57.1 Å². The van der Waals surface area contributed by atoms with Gasteiger partial charge < -0.3 is 5.11 Å². The SMILES string of the molecule is CC(C)(C)c1cc(CN2CCN(Cc3cc(=O)n4ccccc4n3)CC2)c(O)c(C(C)(C)C)c1. The third kappa shape index (κ3) is 5.34. The second-order valence-corrected chi connectivity index (χ2v) is 11.6. The first-order chi connectivity index (χ1) is 15.9. The van der Waals surface area contributed by atoms with Gasteiger partial charge in [0.25, 0.3) is 5.56 Å². The molecule has 34 heavy (non-hydrogen) atoms. The zero-order valence-electron chi connectivity index (χ0n) is 21.4. The number of aromatic hydroxyl groups is 1. The molecule has 3 heterocycles. The van der Waals surface area contributed by atoms with Gasteiger partial charge in [-0.2, -0.15) is 0 Å². The van der Waals surface area contributed by atoms with Crippen molar-refractivity contribution in [1.82, 2.24) is 19.2 Å². The highest BCUT2D eigenvalue weighted by molar-refractivity contribution is 5.48. The van der Waals surface area contributed by atoms with E-state index >= 15 is 0 Å². The molecular weight excluding hydrogens is 424 g/mol. The number of hydrogen-bond donors (Lipinski definition) is 1. The molecule has 182 valence electrons. The summed E-state index contributed by atoms with van der Waals surface area (Å²) < 4.78 is 1.57. The summed E-state index contributed by atoms with van der Waals surface area (Å²) in [6, 6.07) is 11.6. The highest BCUT2D eigenvalue weighted by Gasteiger charge is 2.26. The van der Waals surface area contributed by atoms with E-state index in [0.29, 0.717) is 17.9 Å². The van der Waals surface area contributed by atoms with Crippen molar-refractivity contribution in [3.8, 4) is 5.75 Å². The van der Waals surface area contributed by atoms with Crippen molar-refractivity contribution >= 4 is 5.65 Å². The maximum atomic E-state index is 12.4. The number of rotatable bonds is 4. The number of fused-ring (bicyclic) bond motifs is 1. The van der Waals surface area contributed by atoms with E-state index in [2.05, 4.69) is 68.5 Å². The minimum atomic E-state index is -0.121. The average Bonchev–Trinajstić information content (AvgIpc) is 2.75. The van der Waals surface area contributed by atoms with Crippen LogP contribution in [0.25, 0.3) is 5.65 Å². The maximum Gasteiger partial charge on any atom is 0.258 e. The van der Waals surface area contributed by atoms with Gasteiger partial charge in [-0.15, -0.1) is 0 Å². The molecule has 1 fully saturated rings. The fourth-order valence-corrected chi connectivity index (χ4v) is 4.58. The lowest BCUT2D eigenvalue weighted by Gasteiger charge is -2.35. The zero-order chi connectivity index (χ0) is 24.7. The van der Waals surface area contributed by atoms with Crippen LogP contribution < -0.4 is 5.56 Å². The van der Waals surface area contributed by atoms with Crippen molar-refractivity contribution in [2.75, 3.05) is 26.2 Å². The summed E-state index contributed by atoms with van der Waals surface area (Å²) in [7, 11) is 0. The molecule has 0 bridgehead atoms. The quantitative estimate of drug-likeness (QED) is 0.626. The fourth-order valence-electron chi connectivity index (χ4n) is 4.58. The number of phenolic OH excluding ortho intramolecular Hbond substituents is 1. The van der Waals surface area contributed by atoms with Crippen molar-refractivity contribution in [2.45, 2.75) is 65.5 Å². The molecule has 0 aliphatic carbocycles. The highest BCUT2D eigenvalue weighted by atomic mass is 16.3. The average molecular weight is 463 g/mol. The van der Waals surface area contributed by atoms with Crippen LogP contribution in [0.5, 0.6) is 5.75 Å². The summed E-state index contributed by atoms with van der Waals surface area (Å²) >= 11 is 0. The van der Waals surface area contributed by atoms with Crippen LogP contribution >= 0.6 is 0 Å². The van der Waals surface area contributed by atoms with E-state index < -0.39 is 0 Å². The lowest BCUT2D eigenvalue weighted by atomic mass is 9.79. The Morgan fingerprint density at radius 3 is 2.15 bits per heavy atom. The van der Waals surface area contributed by atoms with Crippen LogP contribution in [0.4, 0.5) is 0 Å². The van der Waals surface area contributed by atoms with E-state index in [4.69, 9.17) is 0 Å². The first kappa shape index (κ1) is 24.4. The van der Waals surface area contributed by atoms with Crippen LogP contribution in [-0.4, -0.2) is 50.5 Å². The number of phenols is 1.